The van der Waals surface area contributed by atoms with Gasteiger partial charge in [0.1, 0.15) is 35.0 Å². The van der Waals surface area contributed by atoms with Gasteiger partial charge in [0, 0.05) is 38.2 Å². The zero-order valence-electron chi connectivity index (χ0n) is 20.5. The molecule has 1 aliphatic rings. The van der Waals surface area contributed by atoms with E-state index < -0.39 is 6.10 Å². The fourth-order valence-electron chi connectivity index (χ4n) is 4.33. The minimum absolute atomic E-state index is 0.0331. The molecule has 1 saturated heterocycles. The number of nitrogens with one attached hydrogen (secondary N) is 1. The number of imidazole rings is 1. The molecule has 4 heterocycles. The highest BCUT2D eigenvalue weighted by Gasteiger charge is 2.26. The molecule has 5 rings (SSSR count). The first-order valence-electron chi connectivity index (χ1n) is 12.0. The fourth-order valence-corrected chi connectivity index (χ4v) is 4.52. The first-order chi connectivity index (χ1) is 17.9. The van der Waals surface area contributed by atoms with Crippen molar-refractivity contribution in [1.82, 2.24) is 24.3 Å². The number of amides is 1. The molecule has 1 aromatic carbocycles. The van der Waals surface area contributed by atoms with Crippen LogP contribution in [0, 0.1) is 0 Å². The van der Waals surface area contributed by atoms with Crippen molar-refractivity contribution in [3.05, 3.63) is 60.0 Å². The van der Waals surface area contributed by atoms with Gasteiger partial charge in [0.2, 0.25) is 5.95 Å². The number of benzene rings is 1. The standard InChI is InChI=1S/C26H27ClN6O4/c1-16(34)25(35)32-11-8-17(9-12-32)37-18-6-7-20(22(13-18)36-2)30-26-29-14-19(27)24(31-26)21-15-28-23-5-3-4-10-33(21)23/h3-7,10,13-17,34H,8-9,11-12H2,1-2H3,(H,29,30,31). The van der Waals surface area contributed by atoms with Gasteiger partial charge in [0.15, 0.2) is 0 Å². The Balaban J connectivity index is 1.30. The van der Waals surface area contributed by atoms with Crippen molar-refractivity contribution in [2.24, 2.45) is 0 Å². The Morgan fingerprint density at radius 2 is 2.00 bits per heavy atom. The number of aliphatic hydroxyl groups excluding tert-OH is 1. The van der Waals surface area contributed by atoms with E-state index in [2.05, 4.69) is 20.3 Å². The average molecular weight is 523 g/mol. The Labute approximate surface area is 218 Å². The smallest absolute Gasteiger partial charge is 0.251 e. The lowest BCUT2D eigenvalue weighted by Crippen LogP contribution is -2.45. The molecular weight excluding hydrogens is 496 g/mol. The van der Waals surface area contributed by atoms with Crippen LogP contribution < -0.4 is 14.8 Å². The van der Waals surface area contributed by atoms with E-state index in [1.807, 2.05) is 40.9 Å². The molecule has 2 N–H and O–H groups in total. The van der Waals surface area contributed by atoms with Crippen LogP contribution in [-0.4, -0.2) is 67.7 Å². The van der Waals surface area contributed by atoms with Crippen molar-refractivity contribution in [2.45, 2.75) is 32.0 Å². The predicted molar refractivity (Wildman–Crippen MR) is 139 cm³/mol. The van der Waals surface area contributed by atoms with E-state index in [1.165, 1.54) is 6.92 Å². The molecule has 4 aromatic rings. The maximum Gasteiger partial charge on any atom is 0.251 e. The van der Waals surface area contributed by atoms with E-state index in [0.29, 0.717) is 59.8 Å². The molecule has 0 radical (unpaired) electrons. The van der Waals surface area contributed by atoms with Crippen molar-refractivity contribution in [3.63, 3.8) is 0 Å². The number of rotatable bonds is 7. The second kappa shape index (κ2) is 10.6. The average Bonchev–Trinajstić information content (AvgIpc) is 3.34. The lowest BCUT2D eigenvalue weighted by atomic mass is 10.1. The first-order valence-corrected chi connectivity index (χ1v) is 12.3. The number of ether oxygens (including phenoxy) is 2. The minimum atomic E-state index is -0.984. The van der Waals surface area contributed by atoms with Crippen LogP contribution in [0.2, 0.25) is 5.02 Å². The van der Waals surface area contributed by atoms with Crippen LogP contribution in [-0.2, 0) is 4.79 Å². The monoisotopic (exact) mass is 522 g/mol. The summed E-state index contributed by atoms with van der Waals surface area (Å²) < 4.78 is 13.6. The Hall–Kier alpha value is -3.89. The number of fused-ring (bicyclic) bond motifs is 1. The van der Waals surface area contributed by atoms with Crippen LogP contribution in [0.5, 0.6) is 11.5 Å². The van der Waals surface area contributed by atoms with Crippen LogP contribution in [0.3, 0.4) is 0 Å². The summed E-state index contributed by atoms with van der Waals surface area (Å²) in [5.41, 5.74) is 2.76. The number of hydrogen-bond acceptors (Lipinski definition) is 8. The van der Waals surface area contributed by atoms with Gasteiger partial charge in [-0.3, -0.25) is 9.20 Å². The SMILES string of the molecule is COc1cc(OC2CCN(C(=O)C(C)O)CC2)ccc1Nc1ncc(Cl)c(-c2cnc3ccccn23)n1. The molecule has 0 aliphatic carbocycles. The highest BCUT2D eigenvalue weighted by molar-refractivity contribution is 6.32. The van der Waals surface area contributed by atoms with Crippen LogP contribution in [0.15, 0.2) is 55.0 Å². The summed E-state index contributed by atoms with van der Waals surface area (Å²) >= 11 is 6.44. The largest absolute Gasteiger partial charge is 0.494 e. The van der Waals surface area contributed by atoms with Crippen molar-refractivity contribution in [1.29, 1.82) is 0 Å². The molecule has 10 nitrogen and oxygen atoms in total. The summed E-state index contributed by atoms with van der Waals surface area (Å²) in [6.45, 7) is 2.59. The lowest BCUT2D eigenvalue weighted by molar-refractivity contribution is -0.141. The first kappa shape index (κ1) is 24.8. The molecule has 11 heteroatoms. The second-order valence-electron chi connectivity index (χ2n) is 8.77. The van der Waals surface area contributed by atoms with E-state index >= 15 is 0 Å². The molecule has 0 bridgehead atoms. The van der Waals surface area contributed by atoms with Crippen molar-refractivity contribution in [2.75, 3.05) is 25.5 Å². The number of pyridine rings is 1. The number of piperidine rings is 1. The quantitative estimate of drug-likeness (QED) is 0.375. The van der Waals surface area contributed by atoms with E-state index in [1.54, 1.807) is 30.5 Å². The number of nitrogens with zero attached hydrogens (tertiary/aromatic N) is 5. The Morgan fingerprint density at radius 1 is 1.19 bits per heavy atom. The molecule has 0 spiro atoms. The topological polar surface area (TPSA) is 114 Å². The molecular formula is C26H27ClN6O4. The number of likely N-dealkylation sites (tertiary alicyclic amines) is 1. The molecule has 37 heavy (non-hydrogen) atoms. The molecule has 0 saturated carbocycles. The third kappa shape index (κ3) is 5.30. The molecule has 3 aromatic heterocycles. The normalized spacial score (nSPS) is 15.0. The third-order valence-electron chi connectivity index (χ3n) is 6.24. The summed E-state index contributed by atoms with van der Waals surface area (Å²) in [6.07, 6.45) is 5.53. The van der Waals surface area contributed by atoms with Gasteiger partial charge in [-0.2, -0.15) is 0 Å². The van der Waals surface area contributed by atoms with Crippen molar-refractivity contribution < 1.29 is 19.4 Å². The summed E-state index contributed by atoms with van der Waals surface area (Å²) in [5, 5.41) is 13.1. The molecule has 1 unspecified atom stereocenters. The number of anilines is 2. The van der Waals surface area contributed by atoms with Gasteiger partial charge < -0.3 is 24.8 Å². The van der Waals surface area contributed by atoms with Gasteiger partial charge in [0.05, 0.1) is 35.9 Å². The number of carbonyl (C=O) groups is 1. The van der Waals surface area contributed by atoms with Gasteiger partial charge in [-0.05, 0) is 31.2 Å². The van der Waals surface area contributed by atoms with Crippen LogP contribution >= 0.6 is 11.6 Å². The van der Waals surface area contributed by atoms with Crippen LogP contribution in [0.1, 0.15) is 19.8 Å². The summed E-state index contributed by atoms with van der Waals surface area (Å²) in [6, 6.07) is 11.2. The number of carbonyl (C=O) groups excluding carboxylic acids is 1. The van der Waals surface area contributed by atoms with E-state index in [-0.39, 0.29) is 12.0 Å². The number of hydrogen-bond donors (Lipinski definition) is 2. The van der Waals surface area contributed by atoms with E-state index in [9.17, 15) is 9.90 Å². The third-order valence-corrected chi connectivity index (χ3v) is 6.51. The van der Waals surface area contributed by atoms with Crippen molar-refractivity contribution >= 4 is 34.8 Å². The molecule has 1 atom stereocenters. The maximum atomic E-state index is 12.0. The van der Waals surface area contributed by atoms with E-state index in [0.717, 1.165) is 11.3 Å². The van der Waals surface area contributed by atoms with Crippen LogP contribution in [0.4, 0.5) is 11.6 Å². The fraction of sp³-hybridized carbons (Fsp3) is 0.308. The van der Waals surface area contributed by atoms with E-state index in [4.69, 9.17) is 21.1 Å². The number of aliphatic hydroxyl groups is 1. The molecule has 192 valence electrons. The molecule has 1 amide bonds. The lowest BCUT2D eigenvalue weighted by Gasteiger charge is -2.33. The Bertz CT molecular complexity index is 1420. The summed E-state index contributed by atoms with van der Waals surface area (Å²) in [5.74, 6) is 1.33. The van der Waals surface area contributed by atoms with Gasteiger partial charge in [-0.1, -0.05) is 17.7 Å². The van der Waals surface area contributed by atoms with Crippen LogP contribution in [0.25, 0.3) is 17.0 Å². The maximum absolute atomic E-state index is 12.0. The number of methoxy groups -OCH3 is 1. The summed E-state index contributed by atoms with van der Waals surface area (Å²) in [4.78, 5) is 27.0. The predicted octanol–water partition coefficient (Wildman–Crippen LogP) is 3.95. The zero-order chi connectivity index (χ0) is 25.9. The van der Waals surface area contributed by atoms with Gasteiger partial charge in [-0.15, -0.1) is 0 Å². The Kier molecular flexibility index (Phi) is 7.11. The second-order valence-corrected chi connectivity index (χ2v) is 9.18. The highest BCUT2D eigenvalue weighted by atomic mass is 35.5. The Morgan fingerprint density at radius 3 is 2.76 bits per heavy atom. The number of aromatic nitrogens is 4. The minimum Gasteiger partial charge on any atom is -0.494 e. The van der Waals surface area contributed by atoms with Crippen molar-refractivity contribution in [3.8, 4) is 22.9 Å². The number of halogens is 1. The van der Waals surface area contributed by atoms with Gasteiger partial charge in [-0.25, -0.2) is 15.0 Å². The van der Waals surface area contributed by atoms with Gasteiger partial charge >= 0.3 is 0 Å². The molecule has 1 aliphatic heterocycles. The summed E-state index contributed by atoms with van der Waals surface area (Å²) in [7, 11) is 1.58. The molecule has 1 fully saturated rings. The van der Waals surface area contributed by atoms with Gasteiger partial charge in [0.25, 0.3) is 5.91 Å². The zero-order valence-corrected chi connectivity index (χ0v) is 21.2. The highest BCUT2D eigenvalue weighted by Crippen LogP contribution is 2.33.